The number of carbonyl (C=O) groups excluding carboxylic acids is 4. The second kappa shape index (κ2) is 9.84. The lowest BCUT2D eigenvalue weighted by molar-refractivity contribution is -0.137. The van der Waals surface area contributed by atoms with E-state index >= 15 is 0 Å². The average molecular weight is 549 g/mol. The molecule has 1 aromatic carbocycles. The largest absolute Gasteiger partial charge is 0.493 e. The Morgan fingerprint density at radius 1 is 1.08 bits per heavy atom. The third-order valence-corrected chi connectivity index (χ3v) is 9.30. The number of carbonyl (C=O) groups is 4. The Labute approximate surface area is 219 Å². The van der Waals surface area contributed by atoms with Crippen molar-refractivity contribution in [3.05, 3.63) is 38.3 Å². The number of fused-ring (bicyclic) bond motifs is 2. The number of aromatic nitrogens is 1. The Bertz CT molecular complexity index is 1350. The van der Waals surface area contributed by atoms with Crippen LogP contribution in [0, 0.1) is 5.92 Å². The molecule has 0 spiro atoms. The summed E-state index contributed by atoms with van der Waals surface area (Å²) in [5.41, 5.74) is 5.96. The lowest BCUT2D eigenvalue weighted by atomic mass is 9.83. The van der Waals surface area contributed by atoms with Crippen LogP contribution in [0.2, 0.25) is 0 Å². The van der Waals surface area contributed by atoms with Crippen LogP contribution < -0.4 is 20.1 Å². The van der Waals surface area contributed by atoms with Crippen LogP contribution in [0.3, 0.4) is 0 Å². The second-order valence-electron chi connectivity index (χ2n) is 8.62. The van der Waals surface area contributed by atoms with Gasteiger partial charge in [0.05, 0.1) is 38.4 Å². The zero-order valence-corrected chi connectivity index (χ0v) is 21.6. The lowest BCUT2D eigenvalue weighted by Gasteiger charge is -2.31. The number of ether oxygens (including phenoxy) is 3. The predicted molar refractivity (Wildman–Crippen MR) is 132 cm³/mol. The van der Waals surface area contributed by atoms with Gasteiger partial charge >= 0.3 is 10.9 Å². The summed E-state index contributed by atoms with van der Waals surface area (Å²) in [6.45, 7) is 1.47. The highest BCUT2D eigenvalue weighted by Gasteiger charge is 2.58. The number of methoxy groups -OCH3 is 2. The van der Waals surface area contributed by atoms with Gasteiger partial charge in [-0.15, -0.1) is 0 Å². The monoisotopic (exact) mass is 548 g/mol. The maximum absolute atomic E-state index is 13.3. The number of morpholine rings is 1. The summed E-state index contributed by atoms with van der Waals surface area (Å²) < 4.78 is 17.4. The standard InChI is InChI=1S/C23H24N4O8S2/c1-33-12-4-3-11(9-13(12)34-2)15-16-17(20(30)27(19(16)29)22(24)31)36-21-18(15)37-23(32)26(21)10-14(28)25-5-7-35-8-6-25/h3-4,9,15-17H,5-8,10H2,1-2H3,(H2,24,31)/t15-,16?,17?/m0/s1. The minimum atomic E-state index is -1.15. The number of hydrogen-bond acceptors (Lipinski definition) is 10. The zero-order valence-electron chi connectivity index (χ0n) is 20.0. The van der Waals surface area contributed by atoms with Gasteiger partial charge in [0.15, 0.2) is 11.5 Å². The first-order valence-electron chi connectivity index (χ1n) is 11.4. The third-order valence-electron chi connectivity index (χ3n) is 6.69. The molecular weight excluding hydrogens is 524 g/mol. The van der Waals surface area contributed by atoms with Crippen molar-refractivity contribution in [2.24, 2.45) is 11.7 Å². The van der Waals surface area contributed by atoms with Gasteiger partial charge in [0.25, 0.3) is 5.91 Å². The van der Waals surface area contributed by atoms with Crippen LogP contribution in [-0.2, 0) is 25.7 Å². The minimum Gasteiger partial charge on any atom is -0.493 e. The van der Waals surface area contributed by atoms with Crippen molar-refractivity contribution in [3.8, 4) is 11.5 Å². The molecule has 4 heterocycles. The molecule has 5 amide bonds. The van der Waals surface area contributed by atoms with Gasteiger partial charge in [0, 0.05) is 23.9 Å². The molecule has 2 fully saturated rings. The number of urea groups is 1. The van der Waals surface area contributed by atoms with E-state index in [1.165, 1.54) is 18.8 Å². The molecule has 0 aliphatic carbocycles. The number of thiazole rings is 1. The Balaban J connectivity index is 1.62. The highest BCUT2D eigenvalue weighted by atomic mass is 32.2. The van der Waals surface area contributed by atoms with Crippen molar-refractivity contribution in [1.29, 1.82) is 0 Å². The van der Waals surface area contributed by atoms with E-state index in [4.69, 9.17) is 19.9 Å². The molecule has 3 aliphatic heterocycles. The van der Waals surface area contributed by atoms with Crippen molar-refractivity contribution in [2.75, 3.05) is 40.5 Å². The lowest BCUT2D eigenvalue weighted by Crippen LogP contribution is -2.43. The topological polar surface area (TPSA) is 150 Å². The highest BCUT2D eigenvalue weighted by Crippen LogP contribution is 2.54. The zero-order chi connectivity index (χ0) is 26.4. The van der Waals surface area contributed by atoms with Gasteiger partial charge in [-0.1, -0.05) is 29.2 Å². The van der Waals surface area contributed by atoms with Crippen molar-refractivity contribution in [1.82, 2.24) is 14.4 Å². The van der Waals surface area contributed by atoms with E-state index in [9.17, 15) is 24.0 Å². The summed E-state index contributed by atoms with van der Waals surface area (Å²) in [6.07, 6.45) is 0. The molecule has 3 atom stereocenters. The summed E-state index contributed by atoms with van der Waals surface area (Å²) in [7, 11) is 2.96. The molecule has 2 saturated heterocycles. The number of thioether (sulfide) groups is 1. The molecular formula is C23H24N4O8S2. The number of primary amides is 1. The number of amides is 5. The van der Waals surface area contributed by atoms with Gasteiger partial charge < -0.3 is 24.8 Å². The molecule has 0 saturated carbocycles. The van der Waals surface area contributed by atoms with Crippen LogP contribution in [-0.4, -0.2) is 83.9 Å². The normalized spacial score (nSPS) is 23.0. The molecule has 3 aliphatic rings. The Morgan fingerprint density at radius 3 is 2.43 bits per heavy atom. The van der Waals surface area contributed by atoms with E-state index in [1.54, 1.807) is 23.1 Å². The molecule has 196 valence electrons. The third kappa shape index (κ3) is 4.18. The van der Waals surface area contributed by atoms with E-state index < -0.39 is 34.9 Å². The molecule has 2 unspecified atom stereocenters. The van der Waals surface area contributed by atoms with Crippen LogP contribution in [0.15, 0.2) is 28.0 Å². The van der Waals surface area contributed by atoms with Gasteiger partial charge in [-0.05, 0) is 17.7 Å². The molecule has 2 aromatic rings. The molecule has 0 bridgehead atoms. The van der Waals surface area contributed by atoms with E-state index in [2.05, 4.69) is 0 Å². The fraction of sp³-hybridized carbons (Fsp3) is 0.435. The number of nitrogens with zero attached hydrogens (tertiary/aromatic N) is 3. The van der Waals surface area contributed by atoms with Crippen LogP contribution in [0.4, 0.5) is 4.79 Å². The van der Waals surface area contributed by atoms with Crippen molar-refractivity contribution in [3.63, 3.8) is 0 Å². The van der Waals surface area contributed by atoms with Crippen molar-refractivity contribution >= 4 is 46.9 Å². The molecule has 12 nitrogen and oxygen atoms in total. The van der Waals surface area contributed by atoms with E-state index in [0.29, 0.717) is 58.2 Å². The number of likely N-dealkylation sites (tertiary alicyclic amines) is 1. The first-order chi connectivity index (χ1) is 17.8. The van der Waals surface area contributed by atoms with Gasteiger partial charge in [0.1, 0.15) is 11.8 Å². The van der Waals surface area contributed by atoms with Crippen molar-refractivity contribution in [2.45, 2.75) is 22.7 Å². The predicted octanol–water partition coefficient (Wildman–Crippen LogP) is 0.456. The van der Waals surface area contributed by atoms with Crippen LogP contribution in [0.25, 0.3) is 0 Å². The van der Waals surface area contributed by atoms with Gasteiger partial charge in [-0.25, -0.2) is 4.79 Å². The summed E-state index contributed by atoms with van der Waals surface area (Å²) in [5.74, 6) is -2.58. The van der Waals surface area contributed by atoms with Crippen molar-refractivity contribution < 1.29 is 33.4 Å². The maximum atomic E-state index is 13.3. The fourth-order valence-electron chi connectivity index (χ4n) is 4.93. The van der Waals surface area contributed by atoms with E-state index in [0.717, 1.165) is 23.1 Å². The Morgan fingerprint density at radius 2 is 1.78 bits per heavy atom. The SMILES string of the molecule is COc1ccc([C@@H]2c3sc(=O)n(CC(=O)N4CCOCC4)c3SC3C(=O)N(C(N)=O)C(=O)C32)cc1OC. The molecule has 1 aromatic heterocycles. The molecule has 5 rings (SSSR count). The Kier molecular flexibility index (Phi) is 6.72. The van der Waals surface area contributed by atoms with Gasteiger partial charge in [-0.2, -0.15) is 4.90 Å². The maximum Gasteiger partial charge on any atom is 0.328 e. The summed E-state index contributed by atoms with van der Waals surface area (Å²) in [4.78, 5) is 66.9. The first-order valence-corrected chi connectivity index (χ1v) is 13.1. The van der Waals surface area contributed by atoms with Crippen LogP contribution >= 0.6 is 23.1 Å². The number of nitrogens with two attached hydrogens (primary N) is 1. The van der Waals surface area contributed by atoms with Gasteiger partial charge in [0.2, 0.25) is 11.8 Å². The highest BCUT2D eigenvalue weighted by molar-refractivity contribution is 8.00. The number of hydrogen-bond donors (Lipinski definition) is 1. The molecule has 37 heavy (non-hydrogen) atoms. The van der Waals surface area contributed by atoms with Crippen LogP contribution in [0.5, 0.6) is 11.5 Å². The average Bonchev–Trinajstić information content (AvgIpc) is 3.34. The quantitative estimate of drug-likeness (QED) is 0.526. The molecule has 14 heteroatoms. The van der Waals surface area contributed by atoms with Crippen LogP contribution in [0.1, 0.15) is 16.4 Å². The number of imide groups is 3. The van der Waals surface area contributed by atoms with E-state index in [1.807, 2.05) is 0 Å². The van der Waals surface area contributed by atoms with Gasteiger partial charge in [-0.3, -0.25) is 23.7 Å². The minimum absolute atomic E-state index is 0.213. The number of benzene rings is 1. The second-order valence-corrected chi connectivity index (χ2v) is 10.7. The molecule has 0 radical (unpaired) electrons. The fourth-order valence-corrected chi connectivity index (χ4v) is 7.70. The molecule has 2 N–H and O–H groups in total. The summed E-state index contributed by atoms with van der Waals surface area (Å²) >= 11 is 1.93. The first kappa shape index (κ1) is 25.3. The Hall–Kier alpha value is -3.36. The number of rotatable bonds is 5. The van der Waals surface area contributed by atoms with E-state index in [-0.39, 0.29) is 17.3 Å². The summed E-state index contributed by atoms with van der Waals surface area (Å²) in [5, 5.41) is -0.575. The smallest absolute Gasteiger partial charge is 0.328 e. The summed E-state index contributed by atoms with van der Waals surface area (Å²) in [6, 6.07) is 3.91.